The maximum absolute atomic E-state index is 11.5. The number of carbonyl (C=O) groups excluding carboxylic acids is 1. The summed E-state index contributed by atoms with van der Waals surface area (Å²) in [7, 11) is 1.27. The highest BCUT2D eigenvalue weighted by atomic mass is 35.5. The molecule has 0 radical (unpaired) electrons. The molecule has 0 spiro atoms. The maximum atomic E-state index is 11.5. The van der Waals surface area contributed by atoms with E-state index in [0.717, 1.165) is 0 Å². The largest absolute Gasteiger partial charge is 0.465 e. The Balaban J connectivity index is 2.33. The van der Waals surface area contributed by atoms with Gasteiger partial charge in [-0.2, -0.15) is 0 Å². The number of nitrogens with zero attached hydrogens (tertiary/aromatic N) is 3. The van der Waals surface area contributed by atoms with E-state index in [1.807, 2.05) is 0 Å². The van der Waals surface area contributed by atoms with Crippen molar-refractivity contribution in [2.75, 3.05) is 7.11 Å². The molecule has 9 heteroatoms. The van der Waals surface area contributed by atoms with Crippen molar-refractivity contribution in [3.05, 3.63) is 75.3 Å². The van der Waals surface area contributed by atoms with Crippen molar-refractivity contribution in [2.45, 2.75) is 0 Å². The number of hydrogen-bond acceptors (Lipinski definition) is 6. The number of hydrogen-bond donors (Lipinski definition) is 0. The smallest absolute Gasteiger partial charge is 0.337 e. The van der Waals surface area contributed by atoms with E-state index in [2.05, 4.69) is 14.9 Å². The third kappa shape index (κ3) is 4.62. The van der Waals surface area contributed by atoms with E-state index >= 15 is 0 Å². The first kappa shape index (κ1) is 18.6. The summed E-state index contributed by atoms with van der Waals surface area (Å²) in [6.07, 6.45) is 0. The first-order valence-electron chi connectivity index (χ1n) is 6.83. The van der Waals surface area contributed by atoms with Crippen LogP contribution in [0.25, 0.3) is 0 Å². The quantitative estimate of drug-likeness (QED) is 0.340. The van der Waals surface area contributed by atoms with Crippen LogP contribution in [-0.4, -0.2) is 28.3 Å². The van der Waals surface area contributed by atoms with Crippen LogP contribution < -0.4 is 0 Å². The van der Waals surface area contributed by atoms with Gasteiger partial charge in [0.1, 0.15) is 0 Å². The number of nitro groups is 1. The van der Waals surface area contributed by atoms with E-state index in [-0.39, 0.29) is 21.6 Å². The molecule has 2 rings (SSSR count). The average molecular weight is 380 g/mol. The summed E-state index contributed by atoms with van der Waals surface area (Å²) < 4.78 is 4.63. The molecule has 0 N–H and O–H groups in total. The number of esters is 1. The van der Waals surface area contributed by atoms with Gasteiger partial charge in [0.15, 0.2) is 10.3 Å². The summed E-state index contributed by atoms with van der Waals surface area (Å²) in [5, 5.41) is 18.3. The predicted molar refractivity (Wildman–Crippen MR) is 95.7 cm³/mol. The van der Waals surface area contributed by atoms with Crippen LogP contribution in [0.5, 0.6) is 0 Å². The monoisotopic (exact) mass is 379 g/mol. The van der Waals surface area contributed by atoms with E-state index in [4.69, 9.17) is 23.2 Å². The molecule has 128 valence electrons. The Hall–Kier alpha value is -2.77. The minimum Gasteiger partial charge on any atom is -0.465 e. The van der Waals surface area contributed by atoms with Crippen LogP contribution in [-0.2, 0) is 4.74 Å². The molecule has 0 aliphatic rings. The molecule has 2 aromatic carbocycles. The van der Waals surface area contributed by atoms with Gasteiger partial charge >= 0.3 is 5.97 Å². The van der Waals surface area contributed by atoms with Gasteiger partial charge in [-0.25, -0.2) is 4.79 Å². The number of halogens is 2. The SMILES string of the molecule is COC(=O)c1cccc(C(Cl)=NN=C(Cl)c2ccccc2[N+](=O)[O-])c1. The second kappa shape index (κ2) is 8.36. The maximum Gasteiger partial charge on any atom is 0.337 e. The van der Waals surface area contributed by atoms with Crippen molar-refractivity contribution < 1.29 is 14.5 Å². The van der Waals surface area contributed by atoms with Crippen molar-refractivity contribution in [3.63, 3.8) is 0 Å². The second-order valence-corrected chi connectivity index (χ2v) is 5.34. The molecule has 0 aromatic heterocycles. The summed E-state index contributed by atoms with van der Waals surface area (Å²) in [5.41, 5.74) is 0.628. The topological polar surface area (TPSA) is 94.2 Å². The van der Waals surface area contributed by atoms with Crippen molar-refractivity contribution in [2.24, 2.45) is 10.2 Å². The number of methoxy groups -OCH3 is 1. The molecule has 0 saturated carbocycles. The normalized spacial score (nSPS) is 12.0. The van der Waals surface area contributed by atoms with Gasteiger partial charge in [0, 0.05) is 11.6 Å². The van der Waals surface area contributed by atoms with E-state index in [1.54, 1.807) is 24.3 Å². The number of carbonyl (C=O) groups is 1. The molecule has 0 aliphatic carbocycles. The van der Waals surface area contributed by atoms with Gasteiger partial charge in [-0.3, -0.25) is 10.1 Å². The molecular weight excluding hydrogens is 369 g/mol. The van der Waals surface area contributed by atoms with Crippen LogP contribution in [0.15, 0.2) is 58.7 Å². The third-order valence-electron chi connectivity index (χ3n) is 3.07. The lowest BCUT2D eigenvalue weighted by molar-refractivity contribution is -0.385. The lowest BCUT2D eigenvalue weighted by atomic mass is 10.1. The molecule has 0 fully saturated rings. The van der Waals surface area contributed by atoms with E-state index in [1.165, 1.54) is 31.4 Å². The van der Waals surface area contributed by atoms with E-state index < -0.39 is 10.9 Å². The molecule has 0 aliphatic heterocycles. The minimum absolute atomic E-state index is 0.0394. The number of benzene rings is 2. The summed E-state index contributed by atoms with van der Waals surface area (Å²) in [6, 6.07) is 12.1. The Morgan fingerprint density at radius 3 is 2.36 bits per heavy atom. The van der Waals surface area contributed by atoms with Gasteiger partial charge in [-0.05, 0) is 18.2 Å². The lowest BCUT2D eigenvalue weighted by Crippen LogP contribution is -2.03. The third-order valence-corrected chi connectivity index (χ3v) is 3.64. The zero-order chi connectivity index (χ0) is 18.4. The van der Waals surface area contributed by atoms with E-state index in [9.17, 15) is 14.9 Å². The molecule has 25 heavy (non-hydrogen) atoms. The number of nitro benzene ring substituents is 1. The van der Waals surface area contributed by atoms with Crippen molar-refractivity contribution in [3.8, 4) is 0 Å². The fraction of sp³-hybridized carbons (Fsp3) is 0.0625. The fourth-order valence-corrected chi connectivity index (χ4v) is 2.25. The highest BCUT2D eigenvalue weighted by molar-refractivity contribution is 6.71. The highest BCUT2D eigenvalue weighted by Gasteiger charge is 2.16. The summed E-state index contributed by atoms with van der Waals surface area (Å²) in [6.45, 7) is 0. The molecule has 0 heterocycles. The van der Waals surface area contributed by atoms with Gasteiger partial charge in [0.2, 0.25) is 0 Å². The van der Waals surface area contributed by atoms with Crippen LogP contribution >= 0.6 is 23.2 Å². The Morgan fingerprint density at radius 1 is 1.04 bits per heavy atom. The summed E-state index contributed by atoms with van der Waals surface area (Å²) in [4.78, 5) is 22.0. The summed E-state index contributed by atoms with van der Waals surface area (Å²) >= 11 is 12.1. The number of ether oxygens (including phenoxy) is 1. The lowest BCUT2D eigenvalue weighted by Gasteiger charge is -2.02. The zero-order valence-electron chi connectivity index (χ0n) is 12.8. The van der Waals surface area contributed by atoms with E-state index in [0.29, 0.717) is 11.1 Å². The standard InChI is InChI=1S/C16H11Cl2N3O4/c1-25-16(22)11-6-4-5-10(9-11)14(17)19-20-15(18)12-7-2-3-8-13(12)21(23)24/h2-9H,1H3. The van der Waals surface area contributed by atoms with Crippen molar-refractivity contribution >= 4 is 45.2 Å². The zero-order valence-corrected chi connectivity index (χ0v) is 14.4. The Labute approximate surface area is 152 Å². The Bertz CT molecular complexity index is 881. The summed E-state index contributed by atoms with van der Waals surface area (Å²) in [5.74, 6) is -0.521. The minimum atomic E-state index is -0.571. The average Bonchev–Trinajstić information content (AvgIpc) is 2.65. The van der Waals surface area contributed by atoms with Gasteiger partial charge < -0.3 is 4.74 Å². The van der Waals surface area contributed by atoms with Crippen LogP contribution in [0.2, 0.25) is 0 Å². The first-order chi connectivity index (χ1) is 11.9. The molecule has 0 amide bonds. The Kier molecular flexibility index (Phi) is 6.21. The Morgan fingerprint density at radius 2 is 1.68 bits per heavy atom. The van der Waals surface area contributed by atoms with Gasteiger partial charge in [0.25, 0.3) is 5.69 Å². The van der Waals surface area contributed by atoms with Gasteiger partial charge in [0.05, 0.1) is 23.2 Å². The fourth-order valence-electron chi connectivity index (χ4n) is 1.90. The molecule has 7 nitrogen and oxygen atoms in total. The molecule has 0 saturated heterocycles. The predicted octanol–water partition coefficient (Wildman–Crippen LogP) is 3.97. The highest BCUT2D eigenvalue weighted by Crippen LogP contribution is 2.20. The van der Waals surface area contributed by atoms with Gasteiger partial charge in [-0.1, -0.05) is 47.5 Å². The van der Waals surface area contributed by atoms with Crippen LogP contribution in [0.3, 0.4) is 0 Å². The number of rotatable bonds is 5. The van der Waals surface area contributed by atoms with Crippen molar-refractivity contribution in [1.29, 1.82) is 0 Å². The van der Waals surface area contributed by atoms with Gasteiger partial charge in [-0.15, -0.1) is 10.2 Å². The van der Waals surface area contributed by atoms with Crippen LogP contribution in [0.4, 0.5) is 5.69 Å². The molecule has 0 atom stereocenters. The second-order valence-electron chi connectivity index (χ2n) is 4.63. The molecule has 2 aromatic rings. The van der Waals surface area contributed by atoms with Crippen molar-refractivity contribution in [1.82, 2.24) is 0 Å². The van der Waals surface area contributed by atoms with Crippen LogP contribution in [0, 0.1) is 10.1 Å². The first-order valence-corrected chi connectivity index (χ1v) is 7.59. The van der Waals surface area contributed by atoms with Crippen LogP contribution in [0.1, 0.15) is 21.5 Å². The molecular formula is C16H11Cl2N3O4. The molecule has 0 unspecified atom stereocenters. The molecule has 0 bridgehead atoms. The number of para-hydroxylation sites is 1.